The Morgan fingerprint density at radius 2 is 1.85 bits per heavy atom. The lowest BCUT2D eigenvalue weighted by atomic mass is 10.0. The van der Waals surface area contributed by atoms with Gasteiger partial charge in [0.25, 0.3) is 5.56 Å². The van der Waals surface area contributed by atoms with Crippen LogP contribution >= 0.6 is 0 Å². The van der Waals surface area contributed by atoms with E-state index in [4.69, 9.17) is 15.7 Å². The second-order valence-electron chi connectivity index (χ2n) is 10.3. The van der Waals surface area contributed by atoms with Crippen molar-refractivity contribution < 1.29 is 0 Å². The number of rotatable bonds is 4. The average Bonchev–Trinajstić information content (AvgIpc) is 3.32. The topological polar surface area (TPSA) is 104 Å². The van der Waals surface area contributed by atoms with Gasteiger partial charge < -0.3 is 10.6 Å². The molecule has 0 spiro atoms. The quantitative estimate of drug-likeness (QED) is 0.288. The normalized spacial score (nSPS) is 15.7. The fourth-order valence-electron chi connectivity index (χ4n) is 5.76. The second kappa shape index (κ2) is 9.71. The van der Waals surface area contributed by atoms with Crippen LogP contribution in [0.5, 0.6) is 0 Å². The van der Waals surface area contributed by atoms with Gasteiger partial charge in [-0.1, -0.05) is 42.3 Å². The summed E-state index contributed by atoms with van der Waals surface area (Å²) in [5, 5.41) is 3.04. The zero-order valence-corrected chi connectivity index (χ0v) is 22.4. The minimum absolute atomic E-state index is 0.0284. The lowest BCUT2D eigenvalue weighted by Crippen LogP contribution is -2.44. The van der Waals surface area contributed by atoms with Crippen molar-refractivity contribution >= 4 is 38.8 Å². The third-order valence-corrected chi connectivity index (χ3v) is 7.69. The molecule has 2 aromatic carbocycles. The Bertz CT molecular complexity index is 1940. The molecule has 0 aliphatic carbocycles. The van der Waals surface area contributed by atoms with E-state index >= 15 is 0 Å². The molecule has 1 fully saturated rings. The van der Waals surface area contributed by atoms with Crippen LogP contribution in [0.4, 0.5) is 5.95 Å². The van der Waals surface area contributed by atoms with E-state index in [9.17, 15) is 9.59 Å². The molecule has 1 aliphatic heterocycles. The monoisotopic (exact) mass is 521 g/mol. The van der Waals surface area contributed by atoms with Crippen molar-refractivity contribution in [2.45, 2.75) is 45.8 Å². The number of fused-ring (bicyclic) bond motifs is 4. The highest BCUT2D eigenvalue weighted by atomic mass is 16.2. The highest BCUT2D eigenvalue weighted by molar-refractivity contribution is 6.08. The number of piperidine rings is 1. The zero-order valence-electron chi connectivity index (χ0n) is 22.4. The molecule has 1 aliphatic rings. The first-order chi connectivity index (χ1) is 18.9. The van der Waals surface area contributed by atoms with Gasteiger partial charge in [0.05, 0.1) is 24.3 Å². The Hall–Kier alpha value is -4.42. The van der Waals surface area contributed by atoms with Crippen LogP contribution in [0.25, 0.3) is 32.8 Å². The Labute approximate surface area is 225 Å². The van der Waals surface area contributed by atoms with E-state index in [0.29, 0.717) is 29.4 Å². The van der Waals surface area contributed by atoms with Crippen LogP contribution in [0.2, 0.25) is 0 Å². The smallest absolute Gasteiger partial charge is 0.332 e. The number of nitrogens with zero attached hydrogens (tertiary/aromatic N) is 6. The van der Waals surface area contributed by atoms with E-state index in [1.165, 1.54) is 9.13 Å². The molecule has 3 aromatic heterocycles. The lowest BCUT2D eigenvalue weighted by molar-refractivity contribution is 0.496. The molecule has 2 N–H and O–H groups in total. The van der Waals surface area contributed by atoms with E-state index in [1.54, 1.807) is 14.0 Å². The summed E-state index contributed by atoms with van der Waals surface area (Å²) in [5.74, 6) is 6.63. The highest BCUT2D eigenvalue weighted by Gasteiger charge is 2.26. The largest absolute Gasteiger partial charge is 0.341 e. The summed E-state index contributed by atoms with van der Waals surface area (Å²) in [7, 11) is 1.66. The first kappa shape index (κ1) is 24.9. The van der Waals surface area contributed by atoms with Crippen molar-refractivity contribution in [3.8, 4) is 11.8 Å². The van der Waals surface area contributed by atoms with Crippen LogP contribution in [0, 0.1) is 18.8 Å². The van der Waals surface area contributed by atoms with Crippen LogP contribution in [0.3, 0.4) is 0 Å². The van der Waals surface area contributed by atoms with Crippen LogP contribution in [0.1, 0.15) is 31.0 Å². The number of imidazole rings is 1. The Balaban J connectivity index is 1.58. The minimum atomic E-state index is -0.434. The molecule has 6 rings (SSSR count). The first-order valence-corrected chi connectivity index (χ1v) is 13.3. The molecule has 1 atom stereocenters. The van der Waals surface area contributed by atoms with E-state index in [2.05, 4.69) is 35.8 Å². The molecule has 0 bridgehead atoms. The van der Waals surface area contributed by atoms with Gasteiger partial charge in [-0.15, -0.1) is 5.92 Å². The minimum Gasteiger partial charge on any atom is -0.341 e. The van der Waals surface area contributed by atoms with Gasteiger partial charge in [0, 0.05) is 37.0 Å². The van der Waals surface area contributed by atoms with Gasteiger partial charge in [0.15, 0.2) is 11.2 Å². The maximum Gasteiger partial charge on any atom is 0.332 e. The molecule has 5 aromatic rings. The summed E-state index contributed by atoms with van der Waals surface area (Å²) in [5.41, 5.74) is 8.76. The molecule has 0 saturated carbocycles. The van der Waals surface area contributed by atoms with Crippen molar-refractivity contribution in [1.29, 1.82) is 0 Å². The van der Waals surface area contributed by atoms with E-state index in [1.807, 2.05) is 34.9 Å². The van der Waals surface area contributed by atoms with Gasteiger partial charge in [-0.25, -0.2) is 4.79 Å². The Kier molecular flexibility index (Phi) is 6.20. The number of aromatic nitrogens is 5. The SMILES string of the molecule is CC#CCn1c(N2CCCC(N)C2)nc2c1c(=O)n(Cc1nc3cccc(C)c3c3ccccc13)c(=O)n2C. The molecule has 39 heavy (non-hydrogen) atoms. The van der Waals surface area contributed by atoms with Gasteiger partial charge in [-0.2, -0.15) is 4.98 Å². The molecule has 9 nitrogen and oxygen atoms in total. The van der Waals surface area contributed by atoms with Gasteiger partial charge in [-0.05, 0) is 43.7 Å². The van der Waals surface area contributed by atoms with Crippen molar-refractivity contribution in [3.63, 3.8) is 0 Å². The summed E-state index contributed by atoms with van der Waals surface area (Å²) in [6.07, 6.45) is 1.89. The predicted molar refractivity (Wildman–Crippen MR) is 155 cm³/mol. The van der Waals surface area contributed by atoms with E-state index in [0.717, 1.165) is 46.6 Å². The van der Waals surface area contributed by atoms with Crippen molar-refractivity contribution in [2.75, 3.05) is 18.0 Å². The second-order valence-corrected chi connectivity index (χ2v) is 10.3. The summed E-state index contributed by atoms with van der Waals surface area (Å²) in [4.78, 5) is 39.5. The van der Waals surface area contributed by atoms with E-state index < -0.39 is 11.2 Å². The van der Waals surface area contributed by atoms with Crippen LogP contribution in [-0.2, 0) is 20.1 Å². The molecular formula is C30H31N7O2. The Morgan fingerprint density at radius 3 is 2.62 bits per heavy atom. The fraction of sp³-hybridized carbons (Fsp3) is 0.333. The lowest BCUT2D eigenvalue weighted by Gasteiger charge is -2.31. The molecule has 1 unspecified atom stereocenters. The Morgan fingerprint density at radius 1 is 1.05 bits per heavy atom. The average molecular weight is 522 g/mol. The van der Waals surface area contributed by atoms with Gasteiger partial charge in [0.2, 0.25) is 5.95 Å². The van der Waals surface area contributed by atoms with Crippen molar-refractivity contribution in [2.24, 2.45) is 12.8 Å². The molecule has 9 heteroatoms. The van der Waals surface area contributed by atoms with Crippen molar-refractivity contribution in [1.82, 2.24) is 23.7 Å². The molecular weight excluding hydrogens is 490 g/mol. The van der Waals surface area contributed by atoms with Crippen LogP contribution in [-0.4, -0.2) is 42.8 Å². The molecule has 0 radical (unpaired) electrons. The summed E-state index contributed by atoms with van der Waals surface area (Å²) >= 11 is 0. The summed E-state index contributed by atoms with van der Waals surface area (Å²) < 4.78 is 4.55. The van der Waals surface area contributed by atoms with Gasteiger partial charge >= 0.3 is 5.69 Å². The van der Waals surface area contributed by atoms with Crippen molar-refractivity contribution in [3.05, 3.63) is 74.6 Å². The number of hydrogen-bond acceptors (Lipinski definition) is 6. The highest BCUT2D eigenvalue weighted by Crippen LogP contribution is 2.29. The summed E-state index contributed by atoms with van der Waals surface area (Å²) in [6.45, 7) is 5.58. The molecule has 4 heterocycles. The summed E-state index contributed by atoms with van der Waals surface area (Å²) in [6, 6.07) is 14.0. The zero-order chi connectivity index (χ0) is 27.3. The first-order valence-electron chi connectivity index (χ1n) is 13.3. The third kappa shape index (κ3) is 4.08. The van der Waals surface area contributed by atoms with Crippen LogP contribution < -0.4 is 21.9 Å². The molecule has 1 saturated heterocycles. The third-order valence-electron chi connectivity index (χ3n) is 7.69. The maximum absolute atomic E-state index is 14.1. The maximum atomic E-state index is 14.1. The van der Waals surface area contributed by atoms with Gasteiger partial charge in [-0.3, -0.25) is 23.5 Å². The van der Waals surface area contributed by atoms with Crippen LogP contribution in [0.15, 0.2) is 52.1 Å². The number of hydrogen-bond donors (Lipinski definition) is 1. The number of nitrogens with two attached hydrogens (primary N) is 1. The molecule has 198 valence electrons. The number of anilines is 1. The van der Waals surface area contributed by atoms with E-state index in [-0.39, 0.29) is 19.1 Å². The number of pyridine rings is 1. The fourth-order valence-corrected chi connectivity index (χ4v) is 5.76. The standard InChI is InChI=1S/C30H31N7O2/c1-4-5-16-36-26-27(33-29(36)35-15-9-11-20(31)17-35)34(3)30(39)37(28(26)38)18-24-21-12-6-7-13-22(21)25-19(2)10-8-14-23(25)32-24/h6-8,10,12-14,20H,9,11,15-18,31H2,1-3H3. The molecule has 0 amide bonds. The predicted octanol–water partition coefficient (Wildman–Crippen LogP) is 2.91. The van der Waals surface area contributed by atoms with Gasteiger partial charge in [0.1, 0.15) is 0 Å². The number of aryl methyl sites for hydroxylation is 2. The number of benzene rings is 2.